The number of allylic oxidation sites excluding steroid dienone is 1. The number of hydrogen-bond acceptors (Lipinski definition) is 3. The number of H-pyrrole nitrogens is 1. The van der Waals surface area contributed by atoms with Gasteiger partial charge in [0.1, 0.15) is 5.69 Å². The Kier molecular flexibility index (Phi) is 6.22. The highest BCUT2D eigenvalue weighted by Gasteiger charge is 2.26. The molecule has 0 bridgehead atoms. The third kappa shape index (κ3) is 3.97. The number of fused-ring (bicyclic) bond motifs is 1. The Balaban J connectivity index is 1.78. The first kappa shape index (κ1) is 20.5. The topological polar surface area (TPSA) is 76.1 Å². The molecule has 6 nitrogen and oxygen atoms in total. The lowest BCUT2D eigenvalue weighted by molar-refractivity contribution is 0.0513. The Morgan fingerprint density at radius 3 is 2.76 bits per heavy atom. The van der Waals surface area contributed by atoms with E-state index in [4.69, 9.17) is 4.74 Å². The Labute approximate surface area is 170 Å². The van der Waals surface area contributed by atoms with Crippen molar-refractivity contribution in [2.75, 3.05) is 13.2 Å². The van der Waals surface area contributed by atoms with E-state index in [1.54, 1.807) is 24.5 Å². The molecule has 6 heteroatoms. The van der Waals surface area contributed by atoms with Crippen molar-refractivity contribution >= 4 is 22.8 Å². The molecule has 0 unspecified atom stereocenters. The average molecular weight is 393 g/mol. The van der Waals surface area contributed by atoms with E-state index in [0.29, 0.717) is 36.3 Å². The fourth-order valence-corrected chi connectivity index (χ4v) is 3.79. The number of esters is 1. The maximum Gasteiger partial charge on any atom is 0.355 e. The standard InChI is InChI=1S/C23H27N3O3/c1-5-13-26-16(4)20(15(3)21(26)23(28)29-6-2)22(27)24-12-11-17-14-25-19-10-8-7-9-18(17)19/h5,7-10,14,25H,1,6,11-13H2,2-4H3,(H,24,27). The quantitative estimate of drug-likeness (QED) is 0.450. The summed E-state index contributed by atoms with van der Waals surface area (Å²) < 4.78 is 6.97. The molecule has 3 rings (SSSR count). The van der Waals surface area contributed by atoms with Gasteiger partial charge in [0.25, 0.3) is 5.91 Å². The molecule has 2 N–H and O–H groups in total. The summed E-state index contributed by atoms with van der Waals surface area (Å²) in [6, 6.07) is 8.09. The van der Waals surface area contributed by atoms with Crippen molar-refractivity contribution in [3.8, 4) is 0 Å². The molecule has 29 heavy (non-hydrogen) atoms. The first-order chi connectivity index (χ1) is 14.0. The summed E-state index contributed by atoms with van der Waals surface area (Å²) >= 11 is 0. The van der Waals surface area contributed by atoms with E-state index in [9.17, 15) is 9.59 Å². The zero-order valence-corrected chi connectivity index (χ0v) is 17.2. The van der Waals surface area contributed by atoms with Crippen LogP contribution in [0.2, 0.25) is 0 Å². The second-order valence-corrected chi connectivity index (χ2v) is 6.92. The van der Waals surface area contributed by atoms with Crippen LogP contribution in [0, 0.1) is 13.8 Å². The zero-order chi connectivity index (χ0) is 21.0. The SMILES string of the molecule is C=CCn1c(C)c(C(=O)NCCc2c[nH]c3ccccc23)c(C)c1C(=O)OCC. The molecule has 1 aromatic carbocycles. The van der Waals surface area contributed by atoms with Crippen LogP contribution in [0.1, 0.15) is 44.6 Å². The lowest BCUT2D eigenvalue weighted by Crippen LogP contribution is -2.26. The summed E-state index contributed by atoms with van der Waals surface area (Å²) in [6.45, 7) is 10.4. The second-order valence-electron chi connectivity index (χ2n) is 6.92. The van der Waals surface area contributed by atoms with Crippen LogP contribution in [-0.2, 0) is 17.7 Å². The highest BCUT2D eigenvalue weighted by atomic mass is 16.5. The number of nitrogens with one attached hydrogen (secondary N) is 2. The Bertz CT molecular complexity index is 1060. The van der Waals surface area contributed by atoms with Crippen LogP contribution in [0.15, 0.2) is 43.1 Å². The summed E-state index contributed by atoms with van der Waals surface area (Å²) in [5.74, 6) is -0.610. The van der Waals surface area contributed by atoms with Crippen LogP contribution >= 0.6 is 0 Å². The van der Waals surface area contributed by atoms with E-state index in [-0.39, 0.29) is 12.5 Å². The van der Waals surface area contributed by atoms with Gasteiger partial charge in [-0.15, -0.1) is 6.58 Å². The minimum Gasteiger partial charge on any atom is -0.461 e. The minimum atomic E-state index is -0.423. The van der Waals surface area contributed by atoms with Crippen molar-refractivity contribution in [1.82, 2.24) is 14.9 Å². The van der Waals surface area contributed by atoms with Crippen molar-refractivity contribution in [2.45, 2.75) is 33.7 Å². The van der Waals surface area contributed by atoms with Crippen LogP contribution in [0.3, 0.4) is 0 Å². The molecule has 0 saturated carbocycles. The number of para-hydroxylation sites is 1. The largest absolute Gasteiger partial charge is 0.461 e. The van der Waals surface area contributed by atoms with Gasteiger partial charge in [-0.05, 0) is 44.4 Å². The van der Waals surface area contributed by atoms with Gasteiger partial charge in [-0.1, -0.05) is 24.3 Å². The first-order valence-electron chi connectivity index (χ1n) is 9.80. The predicted molar refractivity (Wildman–Crippen MR) is 114 cm³/mol. The van der Waals surface area contributed by atoms with Gasteiger partial charge < -0.3 is 19.6 Å². The third-order valence-corrected chi connectivity index (χ3v) is 5.13. The van der Waals surface area contributed by atoms with Gasteiger partial charge in [0, 0.05) is 35.9 Å². The van der Waals surface area contributed by atoms with E-state index in [0.717, 1.165) is 22.2 Å². The van der Waals surface area contributed by atoms with Gasteiger partial charge >= 0.3 is 5.97 Å². The molecule has 1 amide bonds. The van der Waals surface area contributed by atoms with Crippen LogP contribution in [-0.4, -0.2) is 34.6 Å². The molecule has 0 spiro atoms. The van der Waals surface area contributed by atoms with Crippen molar-refractivity contribution in [3.63, 3.8) is 0 Å². The van der Waals surface area contributed by atoms with Crippen LogP contribution in [0.5, 0.6) is 0 Å². The highest BCUT2D eigenvalue weighted by molar-refractivity contribution is 6.01. The van der Waals surface area contributed by atoms with Gasteiger partial charge in [0.15, 0.2) is 0 Å². The Morgan fingerprint density at radius 2 is 2.03 bits per heavy atom. The van der Waals surface area contributed by atoms with Crippen molar-refractivity contribution < 1.29 is 14.3 Å². The van der Waals surface area contributed by atoms with E-state index < -0.39 is 5.97 Å². The molecule has 0 radical (unpaired) electrons. The van der Waals surface area contributed by atoms with E-state index >= 15 is 0 Å². The predicted octanol–water partition coefficient (Wildman–Crippen LogP) is 3.92. The summed E-state index contributed by atoms with van der Waals surface area (Å²) in [6.07, 6.45) is 4.40. The molecule has 2 aromatic heterocycles. The number of aromatic nitrogens is 2. The van der Waals surface area contributed by atoms with Crippen molar-refractivity contribution in [3.05, 3.63) is 71.2 Å². The Hall–Kier alpha value is -3.28. The molecule has 0 fully saturated rings. The minimum absolute atomic E-state index is 0.187. The monoisotopic (exact) mass is 393 g/mol. The van der Waals surface area contributed by atoms with Gasteiger partial charge in [0.2, 0.25) is 0 Å². The lowest BCUT2D eigenvalue weighted by Gasteiger charge is -2.09. The fraction of sp³-hybridized carbons (Fsp3) is 0.304. The highest BCUT2D eigenvalue weighted by Crippen LogP contribution is 2.24. The van der Waals surface area contributed by atoms with E-state index in [2.05, 4.69) is 22.9 Å². The third-order valence-electron chi connectivity index (χ3n) is 5.13. The normalized spacial score (nSPS) is 10.9. The molecule has 2 heterocycles. The zero-order valence-electron chi connectivity index (χ0n) is 17.2. The molecule has 0 aliphatic rings. The summed E-state index contributed by atoms with van der Waals surface area (Å²) in [5.41, 5.74) is 4.54. The molecule has 0 aliphatic heterocycles. The summed E-state index contributed by atoms with van der Waals surface area (Å²) in [5, 5.41) is 4.16. The number of rotatable bonds is 8. The number of benzene rings is 1. The van der Waals surface area contributed by atoms with Gasteiger partial charge in [0.05, 0.1) is 12.2 Å². The van der Waals surface area contributed by atoms with Gasteiger partial charge in [-0.3, -0.25) is 4.79 Å². The number of nitrogens with zero attached hydrogens (tertiary/aromatic N) is 1. The van der Waals surface area contributed by atoms with E-state index in [1.807, 2.05) is 31.3 Å². The number of carbonyl (C=O) groups excluding carboxylic acids is 2. The molecule has 0 aliphatic carbocycles. The number of carbonyl (C=O) groups is 2. The molecule has 0 atom stereocenters. The average Bonchev–Trinajstić information content (AvgIpc) is 3.21. The number of amides is 1. The molecule has 0 saturated heterocycles. The first-order valence-corrected chi connectivity index (χ1v) is 9.80. The van der Waals surface area contributed by atoms with Gasteiger partial charge in [-0.2, -0.15) is 0 Å². The lowest BCUT2D eigenvalue weighted by atomic mass is 10.1. The van der Waals surface area contributed by atoms with Crippen LogP contribution in [0.4, 0.5) is 0 Å². The van der Waals surface area contributed by atoms with Crippen molar-refractivity contribution in [2.24, 2.45) is 0 Å². The number of aromatic amines is 1. The number of ether oxygens (including phenoxy) is 1. The van der Waals surface area contributed by atoms with Crippen LogP contribution < -0.4 is 5.32 Å². The second kappa shape index (κ2) is 8.82. The fourth-order valence-electron chi connectivity index (χ4n) is 3.79. The Morgan fingerprint density at radius 1 is 1.28 bits per heavy atom. The number of hydrogen-bond donors (Lipinski definition) is 2. The van der Waals surface area contributed by atoms with E-state index in [1.165, 1.54) is 0 Å². The molecular weight excluding hydrogens is 366 g/mol. The smallest absolute Gasteiger partial charge is 0.355 e. The van der Waals surface area contributed by atoms with Gasteiger partial charge in [-0.25, -0.2) is 4.79 Å². The summed E-state index contributed by atoms with van der Waals surface area (Å²) in [7, 11) is 0. The maximum atomic E-state index is 12.9. The van der Waals surface area contributed by atoms with Crippen molar-refractivity contribution in [1.29, 1.82) is 0 Å². The molecular formula is C23H27N3O3. The van der Waals surface area contributed by atoms with Crippen LogP contribution in [0.25, 0.3) is 10.9 Å². The molecule has 152 valence electrons. The molecule has 3 aromatic rings. The maximum absolute atomic E-state index is 12.9. The summed E-state index contributed by atoms with van der Waals surface area (Å²) in [4.78, 5) is 28.6.